The topological polar surface area (TPSA) is 105 Å². The number of rotatable bonds is 8. The molecule has 1 heterocycles. The first-order valence-corrected chi connectivity index (χ1v) is 9.88. The van der Waals surface area contributed by atoms with Crippen LogP contribution in [0.25, 0.3) is 0 Å². The van der Waals surface area contributed by atoms with Crippen LogP contribution in [0.1, 0.15) is 44.2 Å². The molecule has 1 aromatic carbocycles. The summed E-state index contributed by atoms with van der Waals surface area (Å²) in [5.74, 6) is -6.81. The largest absolute Gasteiger partial charge is 0.465 e. The van der Waals surface area contributed by atoms with E-state index >= 15 is 0 Å². The minimum absolute atomic E-state index is 0.00710. The van der Waals surface area contributed by atoms with Gasteiger partial charge in [-0.15, -0.1) is 0 Å². The number of hydrogen-bond donors (Lipinski definition) is 0. The highest BCUT2D eigenvalue weighted by Crippen LogP contribution is 2.41. The maximum absolute atomic E-state index is 12.8. The third-order valence-electron chi connectivity index (χ3n) is 4.44. The number of benzene rings is 1. The fourth-order valence-electron chi connectivity index (χ4n) is 3.10. The van der Waals surface area contributed by atoms with Crippen LogP contribution in [0.3, 0.4) is 0 Å². The average molecular weight is 418 g/mol. The van der Waals surface area contributed by atoms with Gasteiger partial charge in [0, 0.05) is 5.92 Å². The van der Waals surface area contributed by atoms with Crippen LogP contribution in [0.5, 0.6) is 0 Å². The van der Waals surface area contributed by atoms with E-state index in [0.29, 0.717) is 12.0 Å². The Balaban J connectivity index is 2.70. The maximum atomic E-state index is 12.8. The Kier molecular flexibility index (Phi) is 8.15. The second-order valence-electron chi connectivity index (χ2n) is 6.64. The summed E-state index contributed by atoms with van der Waals surface area (Å²) in [4.78, 5) is 50.8. The first-order chi connectivity index (χ1) is 14.3. The van der Waals surface area contributed by atoms with Gasteiger partial charge in [-0.3, -0.25) is 9.59 Å². The van der Waals surface area contributed by atoms with Crippen molar-refractivity contribution in [3.63, 3.8) is 0 Å². The van der Waals surface area contributed by atoms with Gasteiger partial charge in [-0.05, 0) is 32.8 Å². The predicted molar refractivity (Wildman–Crippen MR) is 105 cm³/mol. The van der Waals surface area contributed by atoms with Crippen LogP contribution in [0, 0.1) is 12.8 Å². The Hall–Kier alpha value is -3.16. The van der Waals surface area contributed by atoms with Gasteiger partial charge in [0.15, 0.2) is 5.92 Å². The monoisotopic (exact) mass is 418 g/mol. The van der Waals surface area contributed by atoms with Crippen molar-refractivity contribution >= 4 is 23.9 Å². The zero-order valence-corrected chi connectivity index (χ0v) is 17.6. The second-order valence-corrected chi connectivity index (χ2v) is 6.64. The molecule has 0 spiro atoms. The lowest BCUT2D eigenvalue weighted by molar-refractivity contribution is -0.166. The fraction of sp³-hybridized carbons (Fsp3) is 0.455. The van der Waals surface area contributed by atoms with Crippen molar-refractivity contribution in [3.8, 4) is 0 Å². The van der Waals surface area contributed by atoms with Gasteiger partial charge in [-0.2, -0.15) is 0 Å². The minimum Gasteiger partial charge on any atom is -0.465 e. The Labute approximate surface area is 175 Å². The summed E-state index contributed by atoms with van der Waals surface area (Å²) in [7, 11) is 0. The Morgan fingerprint density at radius 2 is 1.53 bits per heavy atom. The molecular formula is C22H26O8. The van der Waals surface area contributed by atoms with Gasteiger partial charge in [0.05, 0.1) is 25.4 Å². The molecule has 1 aromatic rings. The maximum Gasteiger partial charge on any atom is 0.374 e. The van der Waals surface area contributed by atoms with E-state index in [0.717, 1.165) is 5.56 Å². The standard InChI is InChI=1S/C22H26O8/c1-5-12-29-20(24)17-15(14-10-8-13(4)9-11-14)16(19(23)27-6-2)18(30-21(17)25)22(26)28-7-3/h8-11,15,17H,5-7,12H2,1-4H3. The number of aryl methyl sites for hydroxylation is 1. The highest BCUT2D eigenvalue weighted by Gasteiger charge is 2.50. The molecule has 0 radical (unpaired) electrons. The summed E-state index contributed by atoms with van der Waals surface area (Å²) in [6.45, 7) is 7.00. The zero-order chi connectivity index (χ0) is 22.3. The predicted octanol–water partition coefficient (Wildman–Crippen LogP) is 2.59. The third kappa shape index (κ3) is 5.06. The molecule has 8 nitrogen and oxygen atoms in total. The Morgan fingerprint density at radius 1 is 0.933 bits per heavy atom. The van der Waals surface area contributed by atoms with E-state index in [-0.39, 0.29) is 25.4 Å². The molecular weight excluding hydrogens is 392 g/mol. The number of cyclic esters (lactones) is 1. The molecule has 30 heavy (non-hydrogen) atoms. The molecule has 0 fully saturated rings. The SMILES string of the molecule is CCCOC(=O)C1C(=O)OC(C(=O)OCC)=C(C(=O)OCC)C1c1ccc(C)cc1. The van der Waals surface area contributed by atoms with Crippen molar-refractivity contribution in [2.75, 3.05) is 19.8 Å². The normalized spacial score (nSPS) is 18.5. The van der Waals surface area contributed by atoms with Gasteiger partial charge in [-0.25, -0.2) is 9.59 Å². The van der Waals surface area contributed by atoms with E-state index in [1.165, 1.54) is 0 Å². The summed E-state index contributed by atoms with van der Waals surface area (Å²) >= 11 is 0. The van der Waals surface area contributed by atoms with Crippen molar-refractivity contribution < 1.29 is 38.1 Å². The van der Waals surface area contributed by atoms with E-state index in [2.05, 4.69) is 0 Å². The van der Waals surface area contributed by atoms with E-state index in [4.69, 9.17) is 18.9 Å². The number of hydrogen-bond acceptors (Lipinski definition) is 8. The molecule has 1 aliphatic rings. The lowest BCUT2D eigenvalue weighted by atomic mass is 9.78. The molecule has 0 N–H and O–H groups in total. The zero-order valence-electron chi connectivity index (χ0n) is 17.6. The van der Waals surface area contributed by atoms with E-state index in [1.807, 2.05) is 13.8 Å². The molecule has 0 amide bonds. The number of esters is 4. The van der Waals surface area contributed by atoms with Crippen LogP contribution in [-0.4, -0.2) is 43.7 Å². The van der Waals surface area contributed by atoms with E-state index < -0.39 is 41.5 Å². The molecule has 8 heteroatoms. The van der Waals surface area contributed by atoms with Gasteiger partial charge >= 0.3 is 23.9 Å². The Morgan fingerprint density at radius 3 is 2.10 bits per heavy atom. The smallest absolute Gasteiger partial charge is 0.374 e. The van der Waals surface area contributed by atoms with Crippen LogP contribution in [0.2, 0.25) is 0 Å². The molecule has 1 aliphatic heterocycles. The molecule has 0 saturated carbocycles. The van der Waals surface area contributed by atoms with Gasteiger partial charge < -0.3 is 18.9 Å². The van der Waals surface area contributed by atoms with Crippen molar-refractivity contribution in [2.45, 2.75) is 40.0 Å². The summed E-state index contributed by atoms with van der Waals surface area (Å²) in [5.41, 5.74) is 1.17. The first-order valence-electron chi connectivity index (χ1n) is 9.88. The van der Waals surface area contributed by atoms with Gasteiger partial charge in [0.25, 0.3) is 0 Å². The molecule has 2 atom stereocenters. The summed E-state index contributed by atoms with van der Waals surface area (Å²) in [6.07, 6.45) is 0.553. The van der Waals surface area contributed by atoms with Crippen LogP contribution in [-0.2, 0) is 38.1 Å². The Bertz CT molecular complexity index is 837. The molecule has 0 saturated heterocycles. The summed E-state index contributed by atoms with van der Waals surface area (Å²) in [5, 5.41) is 0. The molecule has 0 bridgehead atoms. The molecule has 2 unspecified atom stereocenters. The van der Waals surface area contributed by atoms with Gasteiger partial charge in [0.2, 0.25) is 5.76 Å². The van der Waals surface area contributed by atoms with Crippen LogP contribution >= 0.6 is 0 Å². The third-order valence-corrected chi connectivity index (χ3v) is 4.44. The average Bonchev–Trinajstić information content (AvgIpc) is 2.72. The minimum atomic E-state index is -1.46. The van der Waals surface area contributed by atoms with Gasteiger partial charge in [0.1, 0.15) is 0 Å². The van der Waals surface area contributed by atoms with E-state index in [1.54, 1.807) is 38.1 Å². The molecule has 2 rings (SSSR count). The lowest BCUT2D eigenvalue weighted by Crippen LogP contribution is -2.41. The molecule has 0 aromatic heterocycles. The van der Waals surface area contributed by atoms with Crippen LogP contribution < -0.4 is 0 Å². The van der Waals surface area contributed by atoms with E-state index in [9.17, 15) is 19.2 Å². The molecule has 162 valence electrons. The van der Waals surface area contributed by atoms with Crippen molar-refractivity contribution in [3.05, 3.63) is 46.7 Å². The fourth-order valence-corrected chi connectivity index (χ4v) is 3.10. The van der Waals surface area contributed by atoms with Crippen molar-refractivity contribution in [2.24, 2.45) is 5.92 Å². The van der Waals surface area contributed by atoms with Crippen molar-refractivity contribution in [1.82, 2.24) is 0 Å². The van der Waals surface area contributed by atoms with Gasteiger partial charge in [-0.1, -0.05) is 36.8 Å². The van der Waals surface area contributed by atoms with Crippen LogP contribution in [0.4, 0.5) is 0 Å². The lowest BCUT2D eigenvalue weighted by Gasteiger charge is -2.31. The molecule has 0 aliphatic carbocycles. The highest BCUT2D eigenvalue weighted by molar-refractivity contribution is 6.08. The van der Waals surface area contributed by atoms with Crippen LogP contribution in [0.15, 0.2) is 35.6 Å². The first kappa shape index (κ1) is 23.1. The summed E-state index contributed by atoms with van der Waals surface area (Å²) in [6, 6.07) is 6.91. The quantitative estimate of drug-likeness (QED) is 0.360. The second kappa shape index (κ2) is 10.6. The summed E-state index contributed by atoms with van der Waals surface area (Å²) < 4.78 is 20.4. The number of ether oxygens (including phenoxy) is 4. The number of carbonyl (C=O) groups is 4. The number of carbonyl (C=O) groups excluding carboxylic acids is 4. The van der Waals surface area contributed by atoms with Crippen molar-refractivity contribution in [1.29, 1.82) is 0 Å². The highest BCUT2D eigenvalue weighted by atomic mass is 16.6.